The normalized spacial score (nSPS) is 22.5. The largest absolute Gasteiger partial charge is 0.327 e. The van der Waals surface area contributed by atoms with Gasteiger partial charge in [-0.15, -0.1) is 0 Å². The molecule has 0 aromatic carbocycles. The van der Waals surface area contributed by atoms with Crippen molar-refractivity contribution in [1.82, 2.24) is 4.90 Å². The highest BCUT2D eigenvalue weighted by Crippen LogP contribution is 2.16. The predicted molar refractivity (Wildman–Crippen MR) is 65.8 cm³/mol. The second kappa shape index (κ2) is 6.70. The van der Waals surface area contributed by atoms with Crippen LogP contribution in [0.25, 0.3) is 0 Å². The topological polar surface area (TPSA) is 29.3 Å². The first-order valence-corrected chi connectivity index (χ1v) is 7.08. The number of piperidine rings is 1. The zero-order valence-corrected chi connectivity index (χ0v) is 10.4. The van der Waals surface area contributed by atoms with Crippen LogP contribution in [-0.4, -0.2) is 42.6 Å². The molecule has 0 unspecified atom stereocenters. The van der Waals surface area contributed by atoms with Crippen LogP contribution in [0.1, 0.15) is 26.2 Å². The molecule has 2 N–H and O–H groups in total. The Balaban J connectivity index is 2.10. The number of rotatable bonds is 5. The summed E-state index contributed by atoms with van der Waals surface area (Å²) in [5, 5.41) is 0. The monoisotopic (exact) mass is 216 g/mol. The third-order valence-corrected chi connectivity index (χ3v) is 3.71. The van der Waals surface area contributed by atoms with Crippen molar-refractivity contribution < 1.29 is 0 Å². The molecule has 1 heterocycles. The molecule has 0 amide bonds. The summed E-state index contributed by atoms with van der Waals surface area (Å²) in [4.78, 5) is 2.53. The van der Waals surface area contributed by atoms with Crippen molar-refractivity contribution in [3.63, 3.8) is 0 Å². The molecule has 0 aromatic rings. The zero-order valence-electron chi connectivity index (χ0n) is 9.54. The fourth-order valence-corrected chi connectivity index (χ4v) is 2.48. The summed E-state index contributed by atoms with van der Waals surface area (Å²) in [7, 11) is 0. The van der Waals surface area contributed by atoms with Crippen molar-refractivity contribution in [2.24, 2.45) is 11.7 Å². The van der Waals surface area contributed by atoms with Crippen LogP contribution in [0.2, 0.25) is 0 Å². The van der Waals surface area contributed by atoms with Gasteiger partial charge in [0, 0.05) is 12.6 Å². The quantitative estimate of drug-likeness (QED) is 0.760. The van der Waals surface area contributed by atoms with Gasteiger partial charge >= 0.3 is 0 Å². The van der Waals surface area contributed by atoms with E-state index in [1.165, 1.54) is 31.7 Å². The van der Waals surface area contributed by atoms with Gasteiger partial charge in [0.25, 0.3) is 0 Å². The van der Waals surface area contributed by atoms with Gasteiger partial charge in [-0.2, -0.15) is 11.8 Å². The van der Waals surface area contributed by atoms with Gasteiger partial charge in [-0.1, -0.05) is 6.92 Å². The van der Waals surface area contributed by atoms with Crippen LogP contribution >= 0.6 is 11.8 Å². The van der Waals surface area contributed by atoms with Crippen molar-refractivity contribution in [2.45, 2.75) is 32.2 Å². The van der Waals surface area contributed by atoms with Crippen LogP contribution in [0.3, 0.4) is 0 Å². The zero-order chi connectivity index (χ0) is 10.4. The van der Waals surface area contributed by atoms with Crippen molar-refractivity contribution in [2.75, 3.05) is 31.6 Å². The van der Waals surface area contributed by atoms with Gasteiger partial charge < -0.3 is 10.6 Å². The van der Waals surface area contributed by atoms with Gasteiger partial charge in [0.05, 0.1) is 0 Å². The number of likely N-dealkylation sites (tertiary alicyclic amines) is 1. The molecule has 0 aliphatic carbocycles. The lowest BCUT2D eigenvalue weighted by Crippen LogP contribution is -2.41. The number of hydrogen-bond donors (Lipinski definition) is 1. The van der Waals surface area contributed by atoms with E-state index in [1.807, 2.05) is 11.8 Å². The maximum atomic E-state index is 6.07. The first-order valence-electron chi connectivity index (χ1n) is 5.69. The smallest absolute Gasteiger partial charge is 0.0175 e. The van der Waals surface area contributed by atoms with E-state index in [4.69, 9.17) is 5.73 Å². The molecule has 14 heavy (non-hydrogen) atoms. The van der Waals surface area contributed by atoms with E-state index >= 15 is 0 Å². The highest BCUT2D eigenvalue weighted by atomic mass is 32.2. The van der Waals surface area contributed by atoms with Crippen LogP contribution < -0.4 is 5.73 Å². The molecular formula is C11H24N2S. The summed E-state index contributed by atoms with van der Waals surface area (Å²) in [6.07, 6.45) is 6.02. The minimum Gasteiger partial charge on any atom is -0.327 e. The Morgan fingerprint density at radius 2 is 2.07 bits per heavy atom. The maximum absolute atomic E-state index is 6.07. The number of hydrogen-bond acceptors (Lipinski definition) is 3. The van der Waals surface area contributed by atoms with Crippen LogP contribution in [0.5, 0.6) is 0 Å². The standard InChI is InChI=1S/C11H24N2S/c1-10-3-6-13(7-4-10)9-11(12)5-8-14-2/h10-11H,3-9,12H2,1-2H3/t11-/m1/s1. The molecule has 3 heteroatoms. The summed E-state index contributed by atoms with van der Waals surface area (Å²) in [5.74, 6) is 2.12. The summed E-state index contributed by atoms with van der Waals surface area (Å²) < 4.78 is 0. The summed E-state index contributed by atoms with van der Waals surface area (Å²) in [6, 6.07) is 0.385. The van der Waals surface area contributed by atoms with Gasteiger partial charge in [-0.3, -0.25) is 0 Å². The van der Waals surface area contributed by atoms with Crippen molar-refractivity contribution in [1.29, 1.82) is 0 Å². The fourth-order valence-electron chi connectivity index (χ4n) is 1.94. The van der Waals surface area contributed by atoms with Crippen molar-refractivity contribution in [3.8, 4) is 0 Å². The Bertz CT molecular complexity index is 144. The van der Waals surface area contributed by atoms with E-state index in [0.717, 1.165) is 18.9 Å². The molecule has 0 radical (unpaired) electrons. The lowest BCUT2D eigenvalue weighted by atomic mass is 9.99. The van der Waals surface area contributed by atoms with Crippen LogP contribution in [0.4, 0.5) is 0 Å². The van der Waals surface area contributed by atoms with E-state index in [2.05, 4.69) is 18.1 Å². The SMILES string of the molecule is CSCC[C@@H](N)CN1CCC(C)CC1. The molecule has 1 saturated heterocycles. The Kier molecular flexibility index (Phi) is 5.90. The molecule has 0 saturated carbocycles. The minimum absolute atomic E-state index is 0.385. The highest BCUT2D eigenvalue weighted by molar-refractivity contribution is 7.98. The Hall–Kier alpha value is 0.270. The lowest BCUT2D eigenvalue weighted by molar-refractivity contribution is 0.182. The first kappa shape index (κ1) is 12.3. The number of nitrogens with zero attached hydrogens (tertiary/aromatic N) is 1. The molecule has 1 fully saturated rings. The van der Waals surface area contributed by atoms with E-state index in [1.54, 1.807) is 0 Å². The van der Waals surface area contributed by atoms with Gasteiger partial charge in [-0.05, 0) is 50.3 Å². The second-order valence-corrected chi connectivity index (χ2v) is 5.51. The van der Waals surface area contributed by atoms with Gasteiger partial charge in [0.2, 0.25) is 0 Å². The molecule has 84 valence electrons. The summed E-state index contributed by atoms with van der Waals surface area (Å²) in [6.45, 7) is 5.97. The highest BCUT2D eigenvalue weighted by Gasteiger charge is 2.17. The second-order valence-electron chi connectivity index (χ2n) is 4.52. The van der Waals surface area contributed by atoms with Crippen LogP contribution in [-0.2, 0) is 0 Å². The van der Waals surface area contributed by atoms with E-state index in [-0.39, 0.29) is 0 Å². The summed E-state index contributed by atoms with van der Waals surface area (Å²) in [5.41, 5.74) is 6.07. The molecule has 1 rings (SSSR count). The molecule has 0 spiro atoms. The Labute approximate surface area is 92.6 Å². The van der Waals surface area contributed by atoms with Crippen molar-refractivity contribution >= 4 is 11.8 Å². The molecule has 0 bridgehead atoms. The molecule has 0 aromatic heterocycles. The van der Waals surface area contributed by atoms with Gasteiger partial charge in [0.15, 0.2) is 0 Å². The molecule has 2 nitrogen and oxygen atoms in total. The van der Waals surface area contributed by atoms with Gasteiger partial charge in [-0.25, -0.2) is 0 Å². The maximum Gasteiger partial charge on any atom is 0.0175 e. The van der Waals surface area contributed by atoms with E-state index in [9.17, 15) is 0 Å². The average molecular weight is 216 g/mol. The molecular weight excluding hydrogens is 192 g/mol. The van der Waals surface area contributed by atoms with E-state index in [0.29, 0.717) is 6.04 Å². The van der Waals surface area contributed by atoms with Crippen molar-refractivity contribution in [3.05, 3.63) is 0 Å². The number of nitrogens with two attached hydrogens (primary N) is 1. The Morgan fingerprint density at radius 3 is 2.64 bits per heavy atom. The average Bonchev–Trinajstić information content (AvgIpc) is 2.18. The predicted octanol–water partition coefficient (Wildman–Crippen LogP) is 1.80. The molecule has 1 aliphatic rings. The number of thioether (sulfide) groups is 1. The minimum atomic E-state index is 0.385. The fraction of sp³-hybridized carbons (Fsp3) is 1.00. The lowest BCUT2D eigenvalue weighted by Gasteiger charge is -2.31. The third kappa shape index (κ3) is 4.67. The van der Waals surface area contributed by atoms with Crippen LogP contribution in [0, 0.1) is 5.92 Å². The first-order chi connectivity index (χ1) is 6.72. The molecule has 1 atom stereocenters. The molecule has 1 aliphatic heterocycles. The van der Waals surface area contributed by atoms with Crippen LogP contribution in [0.15, 0.2) is 0 Å². The third-order valence-electron chi connectivity index (χ3n) is 3.06. The van der Waals surface area contributed by atoms with E-state index < -0.39 is 0 Å². The van der Waals surface area contributed by atoms with Gasteiger partial charge in [0.1, 0.15) is 0 Å². The Morgan fingerprint density at radius 1 is 1.43 bits per heavy atom. The summed E-state index contributed by atoms with van der Waals surface area (Å²) >= 11 is 1.89.